The van der Waals surface area contributed by atoms with Crippen LogP contribution in [0.15, 0.2) is 18.2 Å². The predicted octanol–water partition coefficient (Wildman–Crippen LogP) is 1.72. The average Bonchev–Trinajstić information content (AvgIpc) is 2.60. The molecule has 0 aliphatic carbocycles. The Kier molecular flexibility index (Phi) is 6.26. The van der Waals surface area contributed by atoms with Crippen LogP contribution in [0.1, 0.15) is 31.2 Å². The number of hydrogen-bond donors (Lipinski definition) is 1. The SMILES string of the molecule is COc1ccc(CNC(=O)CC(=O)N2CCCCC2)cc1OC. The molecule has 0 spiro atoms. The summed E-state index contributed by atoms with van der Waals surface area (Å²) in [5.41, 5.74) is 0.890. The van der Waals surface area contributed by atoms with Crippen LogP contribution >= 0.6 is 0 Å². The first-order chi connectivity index (χ1) is 11.1. The second-order valence-corrected chi connectivity index (χ2v) is 5.58. The van der Waals surface area contributed by atoms with E-state index < -0.39 is 0 Å². The average molecular weight is 320 g/mol. The van der Waals surface area contributed by atoms with Crippen LogP contribution in [-0.2, 0) is 16.1 Å². The Hall–Kier alpha value is -2.24. The van der Waals surface area contributed by atoms with Crippen LogP contribution in [0.25, 0.3) is 0 Å². The third-order valence-electron chi connectivity index (χ3n) is 3.96. The van der Waals surface area contributed by atoms with Crippen LogP contribution in [0.5, 0.6) is 11.5 Å². The number of likely N-dealkylation sites (tertiary alicyclic amines) is 1. The lowest BCUT2D eigenvalue weighted by atomic mass is 10.1. The second kappa shape index (κ2) is 8.41. The molecule has 1 aromatic carbocycles. The van der Waals surface area contributed by atoms with E-state index in [0.717, 1.165) is 37.9 Å². The number of amides is 2. The molecule has 6 heteroatoms. The minimum absolute atomic E-state index is 0.0884. The first kappa shape index (κ1) is 17.1. The maximum Gasteiger partial charge on any atom is 0.232 e. The summed E-state index contributed by atoms with van der Waals surface area (Å²) >= 11 is 0. The fourth-order valence-electron chi connectivity index (χ4n) is 2.65. The molecule has 0 saturated carbocycles. The van der Waals surface area contributed by atoms with Gasteiger partial charge < -0.3 is 19.7 Å². The van der Waals surface area contributed by atoms with Crippen LogP contribution in [0, 0.1) is 0 Å². The van der Waals surface area contributed by atoms with E-state index in [9.17, 15) is 9.59 Å². The van der Waals surface area contributed by atoms with Gasteiger partial charge in [-0.15, -0.1) is 0 Å². The summed E-state index contributed by atoms with van der Waals surface area (Å²) in [5.74, 6) is 0.913. The van der Waals surface area contributed by atoms with E-state index in [1.807, 2.05) is 12.1 Å². The number of hydrogen-bond acceptors (Lipinski definition) is 4. The Morgan fingerprint density at radius 3 is 2.43 bits per heavy atom. The van der Waals surface area contributed by atoms with Crippen molar-refractivity contribution in [3.8, 4) is 11.5 Å². The zero-order valence-corrected chi connectivity index (χ0v) is 13.8. The van der Waals surface area contributed by atoms with E-state index in [4.69, 9.17) is 9.47 Å². The quantitative estimate of drug-likeness (QED) is 0.811. The van der Waals surface area contributed by atoms with Crippen molar-refractivity contribution in [2.75, 3.05) is 27.3 Å². The van der Waals surface area contributed by atoms with Gasteiger partial charge in [0.2, 0.25) is 11.8 Å². The fourth-order valence-corrected chi connectivity index (χ4v) is 2.65. The number of carbonyl (C=O) groups excluding carboxylic acids is 2. The van der Waals surface area contributed by atoms with Gasteiger partial charge in [-0.05, 0) is 37.0 Å². The Morgan fingerprint density at radius 1 is 1.09 bits per heavy atom. The minimum atomic E-state index is -0.254. The maximum absolute atomic E-state index is 12.0. The van der Waals surface area contributed by atoms with Crippen molar-refractivity contribution in [3.05, 3.63) is 23.8 Å². The molecule has 1 aliphatic rings. The molecule has 0 bridgehead atoms. The molecule has 6 nitrogen and oxygen atoms in total. The lowest BCUT2D eigenvalue weighted by molar-refractivity contribution is -0.136. The normalized spacial score (nSPS) is 14.3. The molecule has 1 aliphatic heterocycles. The summed E-state index contributed by atoms with van der Waals surface area (Å²) in [7, 11) is 3.14. The molecule has 1 fully saturated rings. The second-order valence-electron chi connectivity index (χ2n) is 5.58. The third-order valence-corrected chi connectivity index (χ3v) is 3.96. The summed E-state index contributed by atoms with van der Waals surface area (Å²) < 4.78 is 10.4. The van der Waals surface area contributed by atoms with Crippen LogP contribution in [0.4, 0.5) is 0 Å². The first-order valence-electron chi connectivity index (χ1n) is 7.89. The fraction of sp³-hybridized carbons (Fsp3) is 0.529. The third kappa shape index (κ3) is 4.87. The molecule has 126 valence electrons. The number of rotatable bonds is 6. The van der Waals surface area contributed by atoms with Crippen molar-refractivity contribution in [1.82, 2.24) is 10.2 Å². The molecular formula is C17H24N2O4. The van der Waals surface area contributed by atoms with Gasteiger partial charge in [-0.2, -0.15) is 0 Å². The van der Waals surface area contributed by atoms with Crippen molar-refractivity contribution in [2.24, 2.45) is 0 Å². The number of nitrogens with one attached hydrogen (secondary N) is 1. The van der Waals surface area contributed by atoms with Crippen LogP contribution in [-0.4, -0.2) is 44.0 Å². The molecule has 2 amide bonds. The van der Waals surface area contributed by atoms with Gasteiger partial charge in [0.25, 0.3) is 0 Å². The van der Waals surface area contributed by atoms with E-state index in [1.165, 1.54) is 0 Å². The Balaban J connectivity index is 1.83. The smallest absolute Gasteiger partial charge is 0.232 e. The zero-order chi connectivity index (χ0) is 16.7. The molecule has 1 heterocycles. The summed E-state index contributed by atoms with van der Waals surface area (Å²) in [5, 5.41) is 2.77. The van der Waals surface area contributed by atoms with Crippen molar-refractivity contribution in [1.29, 1.82) is 0 Å². The molecule has 23 heavy (non-hydrogen) atoms. The number of piperidine rings is 1. The highest BCUT2D eigenvalue weighted by Gasteiger charge is 2.19. The van der Waals surface area contributed by atoms with Crippen molar-refractivity contribution in [2.45, 2.75) is 32.2 Å². The molecule has 1 aromatic rings. The largest absolute Gasteiger partial charge is 0.493 e. The molecule has 0 unspecified atom stereocenters. The maximum atomic E-state index is 12.0. The van der Waals surface area contributed by atoms with E-state index in [0.29, 0.717) is 18.0 Å². The van der Waals surface area contributed by atoms with E-state index >= 15 is 0 Å². The molecular weight excluding hydrogens is 296 g/mol. The highest BCUT2D eigenvalue weighted by Crippen LogP contribution is 2.27. The van der Waals surface area contributed by atoms with Crippen LogP contribution in [0.3, 0.4) is 0 Å². The summed E-state index contributed by atoms with van der Waals surface area (Å²) in [6, 6.07) is 5.46. The standard InChI is InChI=1S/C17H24N2O4/c1-22-14-7-6-13(10-15(14)23-2)12-18-16(20)11-17(21)19-8-4-3-5-9-19/h6-7,10H,3-5,8-9,11-12H2,1-2H3,(H,18,20). The first-order valence-corrected chi connectivity index (χ1v) is 7.89. The highest BCUT2D eigenvalue weighted by atomic mass is 16.5. The Morgan fingerprint density at radius 2 is 1.78 bits per heavy atom. The lowest BCUT2D eigenvalue weighted by Crippen LogP contribution is -2.38. The summed E-state index contributed by atoms with van der Waals surface area (Å²) in [6.45, 7) is 1.88. The molecule has 0 radical (unpaired) electrons. The van der Waals surface area contributed by atoms with Gasteiger partial charge in [0.1, 0.15) is 6.42 Å². The molecule has 0 aromatic heterocycles. The van der Waals surface area contributed by atoms with Gasteiger partial charge in [-0.1, -0.05) is 6.07 Å². The van der Waals surface area contributed by atoms with E-state index in [1.54, 1.807) is 25.2 Å². The Bertz CT molecular complexity index is 554. The van der Waals surface area contributed by atoms with Crippen LogP contribution in [0.2, 0.25) is 0 Å². The van der Waals surface area contributed by atoms with Gasteiger partial charge in [0.05, 0.1) is 14.2 Å². The molecule has 1 N–H and O–H groups in total. The number of ether oxygens (including phenoxy) is 2. The van der Waals surface area contributed by atoms with Gasteiger partial charge in [-0.25, -0.2) is 0 Å². The summed E-state index contributed by atoms with van der Waals surface area (Å²) in [6.07, 6.45) is 3.13. The summed E-state index contributed by atoms with van der Waals surface area (Å²) in [4.78, 5) is 25.7. The topological polar surface area (TPSA) is 67.9 Å². The molecule has 1 saturated heterocycles. The predicted molar refractivity (Wildman–Crippen MR) is 86.4 cm³/mol. The van der Waals surface area contributed by atoms with Gasteiger partial charge in [-0.3, -0.25) is 9.59 Å². The van der Waals surface area contributed by atoms with Gasteiger partial charge >= 0.3 is 0 Å². The number of carbonyl (C=O) groups is 2. The lowest BCUT2D eigenvalue weighted by Gasteiger charge is -2.26. The minimum Gasteiger partial charge on any atom is -0.493 e. The van der Waals surface area contributed by atoms with Crippen molar-refractivity contribution < 1.29 is 19.1 Å². The molecule has 0 atom stereocenters. The molecule has 2 rings (SSSR count). The number of nitrogens with zero attached hydrogens (tertiary/aromatic N) is 1. The van der Waals surface area contributed by atoms with Crippen molar-refractivity contribution in [3.63, 3.8) is 0 Å². The monoisotopic (exact) mass is 320 g/mol. The van der Waals surface area contributed by atoms with Crippen molar-refractivity contribution >= 4 is 11.8 Å². The highest BCUT2D eigenvalue weighted by molar-refractivity contribution is 5.96. The van der Waals surface area contributed by atoms with E-state index in [2.05, 4.69) is 5.32 Å². The van der Waals surface area contributed by atoms with Crippen LogP contribution < -0.4 is 14.8 Å². The van der Waals surface area contributed by atoms with E-state index in [-0.39, 0.29) is 18.2 Å². The van der Waals surface area contributed by atoms with Gasteiger partial charge in [0.15, 0.2) is 11.5 Å². The number of benzene rings is 1. The Labute approximate surface area is 136 Å². The number of methoxy groups -OCH3 is 2. The van der Waals surface area contributed by atoms with Gasteiger partial charge in [0, 0.05) is 19.6 Å². The zero-order valence-electron chi connectivity index (χ0n) is 13.8.